The lowest BCUT2D eigenvalue weighted by Crippen LogP contribution is -1.91. The number of aromatic hydroxyl groups is 2. The SMILES string of the molecule is Oc1cc2ccccc2cc1C=NCCN=Cc1cc2ccccc2cc1O. The fourth-order valence-electron chi connectivity index (χ4n) is 3.14. The van der Waals surface area contributed by atoms with Crippen LogP contribution in [0.5, 0.6) is 11.5 Å². The first kappa shape index (κ1) is 17.7. The molecule has 0 heterocycles. The largest absolute Gasteiger partial charge is 0.507 e. The van der Waals surface area contributed by atoms with E-state index in [1.807, 2.05) is 60.7 Å². The van der Waals surface area contributed by atoms with Crippen molar-refractivity contribution in [2.75, 3.05) is 13.1 Å². The van der Waals surface area contributed by atoms with Gasteiger partial charge in [-0.1, -0.05) is 48.5 Å². The fraction of sp³-hybridized carbons (Fsp3) is 0.0833. The molecule has 0 amide bonds. The van der Waals surface area contributed by atoms with Crippen molar-refractivity contribution >= 4 is 34.0 Å². The molecule has 0 aromatic heterocycles. The number of phenolic OH excluding ortho intramolecular Hbond substituents is 2. The van der Waals surface area contributed by atoms with Crippen molar-refractivity contribution in [1.29, 1.82) is 0 Å². The lowest BCUT2D eigenvalue weighted by atomic mass is 10.1. The summed E-state index contributed by atoms with van der Waals surface area (Å²) >= 11 is 0. The number of hydrogen-bond donors (Lipinski definition) is 2. The van der Waals surface area contributed by atoms with Gasteiger partial charge in [-0.25, -0.2) is 0 Å². The van der Waals surface area contributed by atoms with E-state index in [-0.39, 0.29) is 11.5 Å². The maximum Gasteiger partial charge on any atom is 0.124 e. The molecule has 0 radical (unpaired) electrons. The third kappa shape index (κ3) is 3.86. The second kappa shape index (κ2) is 7.92. The van der Waals surface area contributed by atoms with Crippen LogP contribution in [-0.4, -0.2) is 35.7 Å². The van der Waals surface area contributed by atoms with Crippen LogP contribution in [0.25, 0.3) is 21.5 Å². The van der Waals surface area contributed by atoms with Crippen molar-refractivity contribution in [1.82, 2.24) is 0 Å². The molecule has 0 saturated heterocycles. The van der Waals surface area contributed by atoms with E-state index in [2.05, 4.69) is 9.98 Å². The molecule has 28 heavy (non-hydrogen) atoms. The Kier molecular flexibility index (Phi) is 5.02. The molecule has 0 aliphatic heterocycles. The first-order valence-electron chi connectivity index (χ1n) is 9.14. The summed E-state index contributed by atoms with van der Waals surface area (Å²) in [6.45, 7) is 0.994. The van der Waals surface area contributed by atoms with Gasteiger partial charge in [0.2, 0.25) is 0 Å². The smallest absolute Gasteiger partial charge is 0.124 e. The second-order valence-corrected chi connectivity index (χ2v) is 6.59. The summed E-state index contributed by atoms with van der Waals surface area (Å²) in [5.41, 5.74) is 1.38. The van der Waals surface area contributed by atoms with Crippen LogP contribution < -0.4 is 0 Å². The highest BCUT2D eigenvalue weighted by molar-refractivity contribution is 5.94. The van der Waals surface area contributed by atoms with Crippen molar-refractivity contribution in [2.24, 2.45) is 9.98 Å². The monoisotopic (exact) mass is 368 g/mol. The molecule has 0 bridgehead atoms. The zero-order chi connectivity index (χ0) is 19.3. The van der Waals surface area contributed by atoms with E-state index in [4.69, 9.17) is 0 Å². The number of aliphatic imine (C=N–C) groups is 2. The van der Waals surface area contributed by atoms with Crippen LogP contribution in [0, 0.1) is 0 Å². The maximum absolute atomic E-state index is 10.1. The number of rotatable bonds is 5. The van der Waals surface area contributed by atoms with Crippen molar-refractivity contribution in [3.05, 3.63) is 83.9 Å². The van der Waals surface area contributed by atoms with Gasteiger partial charge in [0, 0.05) is 23.6 Å². The van der Waals surface area contributed by atoms with Gasteiger partial charge in [0.1, 0.15) is 11.5 Å². The van der Waals surface area contributed by atoms with Gasteiger partial charge in [0.15, 0.2) is 0 Å². The predicted molar refractivity (Wildman–Crippen MR) is 116 cm³/mol. The van der Waals surface area contributed by atoms with Crippen LogP contribution >= 0.6 is 0 Å². The van der Waals surface area contributed by atoms with Crippen molar-refractivity contribution in [3.8, 4) is 11.5 Å². The minimum atomic E-state index is 0.215. The van der Waals surface area contributed by atoms with E-state index in [9.17, 15) is 10.2 Å². The van der Waals surface area contributed by atoms with Crippen molar-refractivity contribution in [3.63, 3.8) is 0 Å². The Morgan fingerprint density at radius 2 is 0.929 bits per heavy atom. The Morgan fingerprint density at radius 1 is 0.571 bits per heavy atom. The zero-order valence-electron chi connectivity index (χ0n) is 15.3. The van der Waals surface area contributed by atoms with Gasteiger partial charge in [-0.05, 0) is 45.8 Å². The van der Waals surface area contributed by atoms with Gasteiger partial charge < -0.3 is 10.2 Å². The molecular weight excluding hydrogens is 348 g/mol. The third-order valence-electron chi connectivity index (χ3n) is 4.61. The summed E-state index contributed by atoms with van der Waals surface area (Å²) < 4.78 is 0. The standard InChI is InChI=1S/C24H20N2O2/c27-23-13-19-7-3-1-5-17(19)11-21(23)15-25-9-10-26-16-22-12-18-6-2-4-8-20(18)14-24(22)28/h1-8,11-16,27-28H,9-10H2. The Hall–Kier alpha value is -3.66. The average Bonchev–Trinajstić information content (AvgIpc) is 2.71. The second-order valence-electron chi connectivity index (χ2n) is 6.59. The van der Waals surface area contributed by atoms with E-state index in [1.54, 1.807) is 24.6 Å². The van der Waals surface area contributed by atoms with Crippen LogP contribution in [0.4, 0.5) is 0 Å². The topological polar surface area (TPSA) is 65.2 Å². The van der Waals surface area contributed by atoms with Gasteiger partial charge in [-0.3, -0.25) is 9.98 Å². The summed E-state index contributed by atoms with van der Waals surface area (Å²) in [5.74, 6) is 0.430. The summed E-state index contributed by atoms with van der Waals surface area (Å²) in [6, 6.07) is 23.1. The van der Waals surface area contributed by atoms with Crippen LogP contribution in [0.3, 0.4) is 0 Å². The maximum atomic E-state index is 10.1. The Balaban J connectivity index is 1.40. The van der Waals surface area contributed by atoms with E-state index in [1.165, 1.54) is 0 Å². The molecule has 0 aliphatic carbocycles. The molecule has 2 N–H and O–H groups in total. The summed E-state index contributed by atoms with van der Waals surface area (Å²) in [7, 11) is 0. The van der Waals surface area contributed by atoms with Crippen LogP contribution in [-0.2, 0) is 0 Å². The lowest BCUT2D eigenvalue weighted by molar-refractivity contribution is 0.474. The van der Waals surface area contributed by atoms with E-state index >= 15 is 0 Å². The normalized spacial score (nSPS) is 11.9. The van der Waals surface area contributed by atoms with Gasteiger partial charge in [0.25, 0.3) is 0 Å². The first-order chi connectivity index (χ1) is 13.7. The minimum Gasteiger partial charge on any atom is -0.507 e. The van der Waals surface area contributed by atoms with Gasteiger partial charge >= 0.3 is 0 Å². The first-order valence-corrected chi connectivity index (χ1v) is 9.14. The number of benzene rings is 4. The molecule has 0 fully saturated rings. The summed E-state index contributed by atoms with van der Waals surface area (Å²) in [5, 5.41) is 24.4. The number of nitrogens with zero attached hydrogens (tertiary/aromatic N) is 2. The number of fused-ring (bicyclic) bond motifs is 2. The van der Waals surface area contributed by atoms with Gasteiger partial charge in [0.05, 0.1) is 13.1 Å². The van der Waals surface area contributed by atoms with E-state index in [0.29, 0.717) is 24.2 Å². The molecule has 4 aromatic rings. The Bertz CT molecular complexity index is 1100. The molecule has 0 spiro atoms. The average molecular weight is 368 g/mol. The minimum absolute atomic E-state index is 0.215. The fourth-order valence-corrected chi connectivity index (χ4v) is 3.14. The highest BCUT2D eigenvalue weighted by atomic mass is 16.3. The Morgan fingerprint density at radius 3 is 1.32 bits per heavy atom. The number of phenols is 2. The molecule has 4 heteroatoms. The molecule has 4 rings (SSSR count). The molecule has 0 saturated carbocycles. The van der Waals surface area contributed by atoms with E-state index in [0.717, 1.165) is 21.5 Å². The van der Waals surface area contributed by atoms with Gasteiger partial charge in [-0.2, -0.15) is 0 Å². The highest BCUT2D eigenvalue weighted by Gasteiger charge is 2.02. The Labute approximate surface area is 163 Å². The lowest BCUT2D eigenvalue weighted by Gasteiger charge is -2.03. The molecule has 4 aromatic carbocycles. The van der Waals surface area contributed by atoms with Crippen LogP contribution in [0.1, 0.15) is 11.1 Å². The quantitative estimate of drug-likeness (QED) is 0.387. The van der Waals surface area contributed by atoms with Crippen molar-refractivity contribution in [2.45, 2.75) is 0 Å². The molecule has 4 nitrogen and oxygen atoms in total. The third-order valence-corrected chi connectivity index (χ3v) is 4.61. The van der Waals surface area contributed by atoms with Gasteiger partial charge in [-0.15, -0.1) is 0 Å². The summed E-state index contributed by atoms with van der Waals surface area (Å²) in [4.78, 5) is 8.70. The molecule has 0 atom stereocenters. The molecule has 0 aliphatic rings. The van der Waals surface area contributed by atoms with E-state index < -0.39 is 0 Å². The van der Waals surface area contributed by atoms with Crippen LogP contribution in [0.2, 0.25) is 0 Å². The molecule has 138 valence electrons. The van der Waals surface area contributed by atoms with Crippen molar-refractivity contribution < 1.29 is 10.2 Å². The molecule has 0 unspecified atom stereocenters. The predicted octanol–water partition coefficient (Wildman–Crippen LogP) is 4.94. The number of hydrogen-bond acceptors (Lipinski definition) is 4. The zero-order valence-corrected chi connectivity index (χ0v) is 15.3. The molecular formula is C24H20N2O2. The summed E-state index contributed by atoms with van der Waals surface area (Å²) in [6.07, 6.45) is 3.34. The van der Waals surface area contributed by atoms with Crippen LogP contribution in [0.15, 0.2) is 82.8 Å². The highest BCUT2D eigenvalue weighted by Crippen LogP contribution is 2.24.